The highest BCUT2D eigenvalue weighted by molar-refractivity contribution is 5.10. The molecule has 2 fully saturated rings. The third-order valence-corrected chi connectivity index (χ3v) is 4.97. The summed E-state index contributed by atoms with van der Waals surface area (Å²) >= 11 is 0. The number of fused-ring (bicyclic) bond motifs is 1. The van der Waals surface area contributed by atoms with Gasteiger partial charge in [0.1, 0.15) is 6.23 Å². The lowest BCUT2D eigenvalue weighted by Crippen LogP contribution is -2.64. The molecule has 4 atom stereocenters. The van der Waals surface area contributed by atoms with E-state index >= 15 is 0 Å². The van der Waals surface area contributed by atoms with E-state index in [-0.39, 0.29) is 11.8 Å². The molecule has 0 aromatic carbocycles. The van der Waals surface area contributed by atoms with E-state index in [9.17, 15) is 0 Å². The van der Waals surface area contributed by atoms with Crippen molar-refractivity contribution in [2.75, 3.05) is 6.54 Å². The van der Waals surface area contributed by atoms with Crippen LogP contribution in [-0.4, -0.2) is 29.3 Å². The van der Waals surface area contributed by atoms with Crippen LogP contribution in [-0.2, 0) is 4.74 Å². The summed E-state index contributed by atoms with van der Waals surface area (Å²) in [5.74, 6) is 4.13. The Balaban J connectivity index is 2.29. The minimum absolute atomic E-state index is 0.0300. The van der Waals surface area contributed by atoms with Gasteiger partial charge in [-0.05, 0) is 45.1 Å². The minimum Gasteiger partial charge on any atom is -0.356 e. The normalized spacial score (nSPS) is 38.3. The molecule has 2 aliphatic rings. The highest BCUT2D eigenvalue weighted by Crippen LogP contribution is 2.45. The van der Waals surface area contributed by atoms with Gasteiger partial charge in [0.2, 0.25) is 0 Å². The zero-order valence-electron chi connectivity index (χ0n) is 12.8. The zero-order valence-corrected chi connectivity index (χ0v) is 12.8. The molecule has 1 aliphatic carbocycles. The highest BCUT2D eigenvalue weighted by atomic mass is 16.5. The van der Waals surface area contributed by atoms with Gasteiger partial charge in [0.05, 0.1) is 12.6 Å². The molecular formula is C17H27NO. The molecule has 0 spiro atoms. The fraction of sp³-hybridized carbons (Fsp3) is 0.765. The summed E-state index contributed by atoms with van der Waals surface area (Å²) in [7, 11) is 0. The summed E-state index contributed by atoms with van der Waals surface area (Å²) in [5.41, 5.74) is 1.14. The summed E-state index contributed by atoms with van der Waals surface area (Å²) in [5, 5.41) is 0. The van der Waals surface area contributed by atoms with Crippen LogP contribution in [0.15, 0.2) is 12.2 Å². The van der Waals surface area contributed by atoms with E-state index in [0.717, 1.165) is 11.5 Å². The Kier molecular flexibility index (Phi) is 4.08. The van der Waals surface area contributed by atoms with E-state index in [1.54, 1.807) is 0 Å². The molecule has 0 bridgehead atoms. The van der Waals surface area contributed by atoms with Gasteiger partial charge in [0, 0.05) is 11.5 Å². The standard InChI is InChI=1S/C17H27NO/c1-7-10-18-16(12(2)3)19-15-11-13(4)8-9-14(15)17(18,5)6/h1,13-16H,2,8-11H2,3-6H3/t13-,14-,15-,16+/m1/s1. The Hall–Kier alpha value is -0.780. The van der Waals surface area contributed by atoms with E-state index in [1.165, 1.54) is 19.3 Å². The molecule has 0 amide bonds. The van der Waals surface area contributed by atoms with Crippen LogP contribution in [0.25, 0.3) is 0 Å². The van der Waals surface area contributed by atoms with Crippen molar-refractivity contribution in [3.8, 4) is 12.3 Å². The van der Waals surface area contributed by atoms with Crippen molar-refractivity contribution in [2.24, 2.45) is 11.8 Å². The first-order valence-corrected chi connectivity index (χ1v) is 7.39. The summed E-state index contributed by atoms with van der Waals surface area (Å²) in [6.45, 7) is 13.7. The molecule has 1 aliphatic heterocycles. The minimum atomic E-state index is -0.0300. The average Bonchev–Trinajstić information content (AvgIpc) is 2.31. The second kappa shape index (κ2) is 5.31. The van der Waals surface area contributed by atoms with Crippen LogP contribution < -0.4 is 0 Å². The summed E-state index contributed by atoms with van der Waals surface area (Å²) in [4.78, 5) is 2.31. The molecule has 0 radical (unpaired) electrons. The van der Waals surface area contributed by atoms with Gasteiger partial charge >= 0.3 is 0 Å². The van der Waals surface area contributed by atoms with Gasteiger partial charge in [-0.15, -0.1) is 6.42 Å². The zero-order chi connectivity index (χ0) is 14.2. The Labute approximate surface area is 118 Å². The van der Waals surface area contributed by atoms with Gasteiger partial charge in [-0.25, -0.2) is 0 Å². The van der Waals surface area contributed by atoms with Crippen molar-refractivity contribution in [3.63, 3.8) is 0 Å². The van der Waals surface area contributed by atoms with Crippen LogP contribution in [0.1, 0.15) is 47.0 Å². The van der Waals surface area contributed by atoms with Crippen molar-refractivity contribution < 1.29 is 4.74 Å². The summed E-state index contributed by atoms with van der Waals surface area (Å²) in [6.07, 6.45) is 9.59. The quantitative estimate of drug-likeness (QED) is 0.558. The molecule has 0 N–H and O–H groups in total. The van der Waals surface area contributed by atoms with Crippen molar-refractivity contribution in [3.05, 3.63) is 12.2 Å². The van der Waals surface area contributed by atoms with Crippen molar-refractivity contribution in [1.29, 1.82) is 0 Å². The van der Waals surface area contributed by atoms with E-state index in [2.05, 4.69) is 38.2 Å². The number of terminal acetylenes is 1. The summed E-state index contributed by atoms with van der Waals surface area (Å²) < 4.78 is 6.35. The molecule has 106 valence electrons. The topological polar surface area (TPSA) is 12.5 Å². The first-order valence-electron chi connectivity index (χ1n) is 7.39. The molecule has 2 heteroatoms. The second-order valence-corrected chi connectivity index (χ2v) is 6.88. The van der Waals surface area contributed by atoms with Gasteiger partial charge in [0.15, 0.2) is 0 Å². The lowest BCUT2D eigenvalue weighted by Gasteiger charge is -2.57. The summed E-state index contributed by atoms with van der Waals surface area (Å²) in [6, 6.07) is 0. The predicted molar refractivity (Wildman–Crippen MR) is 79.6 cm³/mol. The van der Waals surface area contributed by atoms with Crippen LogP contribution in [0, 0.1) is 24.2 Å². The lowest BCUT2D eigenvalue weighted by atomic mass is 9.69. The maximum atomic E-state index is 6.35. The SMILES string of the molecule is C#CCN1[C@H](C(=C)C)O[C@@H]2C[C@H](C)CC[C@H]2C1(C)C. The maximum Gasteiger partial charge on any atom is 0.133 e. The molecule has 0 aromatic rings. The molecule has 2 rings (SSSR count). The number of rotatable bonds is 2. The Morgan fingerprint density at radius 1 is 1.47 bits per heavy atom. The number of ether oxygens (including phenoxy) is 1. The molecular weight excluding hydrogens is 234 g/mol. The monoisotopic (exact) mass is 261 g/mol. The van der Waals surface area contributed by atoms with Crippen LogP contribution in [0.3, 0.4) is 0 Å². The first-order chi connectivity index (χ1) is 8.87. The Bertz CT molecular complexity index is 393. The average molecular weight is 261 g/mol. The molecule has 0 unspecified atom stereocenters. The fourth-order valence-electron chi connectivity index (χ4n) is 3.81. The van der Waals surface area contributed by atoms with Crippen LogP contribution in [0.5, 0.6) is 0 Å². The number of hydrogen-bond donors (Lipinski definition) is 0. The molecule has 1 saturated carbocycles. The van der Waals surface area contributed by atoms with E-state index < -0.39 is 0 Å². The first kappa shape index (κ1) is 14.6. The van der Waals surface area contributed by atoms with Crippen LogP contribution in [0.2, 0.25) is 0 Å². The van der Waals surface area contributed by atoms with Crippen molar-refractivity contribution in [2.45, 2.75) is 64.8 Å². The smallest absolute Gasteiger partial charge is 0.133 e. The Morgan fingerprint density at radius 2 is 2.16 bits per heavy atom. The third-order valence-electron chi connectivity index (χ3n) is 4.97. The third kappa shape index (κ3) is 2.59. The Morgan fingerprint density at radius 3 is 2.74 bits per heavy atom. The number of hydrogen-bond acceptors (Lipinski definition) is 2. The largest absolute Gasteiger partial charge is 0.356 e. The molecule has 19 heavy (non-hydrogen) atoms. The second-order valence-electron chi connectivity index (χ2n) is 6.88. The van der Waals surface area contributed by atoms with Gasteiger partial charge in [-0.2, -0.15) is 0 Å². The molecule has 2 nitrogen and oxygen atoms in total. The van der Waals surface area contributed by atoms with Gasteiger partial charge in [-0.3, -0.25) is 4.90 Å². The lowest BCUT2D eigenvalue weighted by molar-refractivity contribution is -0.215. The van der Waals surface area contributed by atoms with Crippen LogP contribution >= 0.6 is 0 Å². The molecule has 0 aromatic heterocycles. The van der Waals surface area contributed by atoms with E-state index in [0.29, 0.717) is 18.6 Å². The van der Waals surface area contributed by atoms with E-state index in [4.69, 9.17) is 11.2 Å². The van der Waals surface area contributed by atoms with Crippen LogP contribution in [0.4, 0.5) is 0 Å². The molecule has 1 heterocycles. The molecule has 1 saturated heterocycles. The van der Waals surface area contributed by atoms with Gasteiger partial charge in [-0.1, -0.05) is 25.8 Å². The van der Waals surface area contributed by atoms with E-state index in [1.807, 2.05) is 6.92 Å². The number of nitrogens with zero attached hydrogens (tertiary/aromatic N) is 1. The van der Waals surface area contributed by atoms with Gasteiger partial charge in [0.25, 0.3) is 0 Å². The fourth-order valence-corrected chi connectivity index (χ4v) is 3.81. The maximum absolute atomic E-state index is 6.35. The van der Waals surface area contributed by atoms with Gasteiger partial charge < -0.3 is 4.74 Å². The van der Waals surface area contributed by atoms with Crippen molar-refractivity contribution >= 4 is 0 Å². The predicted octanol–water partition coefficient (Wildman–Crippen LogP) is 3.44. The highest BCUT2D eigenvalue weighted by Gasteiger charge is 2.50. The van der Waals surface area contributed by atoms with Crippen molar-refractivity contribution in [1.82, 2.24) is 4.90 Å².